The topological polar surface area (TPSA) is 86.0 Å². The number of benzene rings is 1. The van der Waals surface area contributed by atoms with Crippen molar-refractivity contribution in [1.29, 1.82) is 0 Å². The van der Waals surface area contributed by atoms with Crippen LogP contribution in [-0.4, -0.2) is 58.3 Å². The number of nitrogens with zero attached hydrogens (tertiary/aromatic N) is 4. The second-order valence-corrected chi connectivity index (χ2v) is 7.46. The SMILES string of the molecule is Cn1c(/C(=N/OC(=O)N2CCOCC2)C(=O)C(C)(C)C)nc2ccccc21. The van der Waals surface area contributed by atoms with Crippen LogP contribution in [0.15, 0.2) is 29.4 Å². The summed E-state index contributed by atoms with van der Waals surface area (Å²) >= 11 is 0. The first kappa shape index (κ1) is 19.0. The van der Waals surface area contributed by atoms with Crippen molar-refractivity contribution in [3.8, 4) is 0 Å². The third kappa shape index (κ3) is 4.00. The summed E-state index contributed by atoms with van der Waals surface area (Å²) in [5.74, 6) is 0.113. The Hall–Kier alpha value is -2.74. The number of ether oxygens (including phenoxy) is 1. The molecule has 1 saturated heterocycles. The number of amides is 1. The summed E-state index contributed by atoms with van der Waals surface area (Å²) in [6.07, 6.45) is -0.601. The molecule has 2 aromatic rings. The number of hydrogen-bond acceptors (Lipinski definition) is 6. The standard InChI is InChI=1S/C19H24N4O4/c1-19(2,3)16(24)15(21-27-18(25)23-9-11-26-12-10-23)17-20-13-7-5-6-8-14(13)22(17)4/h5-8H,9-12H2,1-4H3/b21-15+. The first-order chi connectivity index (χ1) is 12.8. The molecule has 27 heavy (non-hydrogen) atoms. The Morgan fingerprint density at radius 3 is 2.48 bits per heavy atom. The van der Waals surface area contributed by atoms with Gasteiger partial charge in [0.15, 0.2) is 17.3 Å². The van der Waals surface area contributed by atoms with E-state index >= 15 is 0 Å². The molecule has 1 aliphatic heterocycles. The Bertz CT molecular complexity index is 889. The van der Waals surface area contributed by atoms with Gasteiger partial charge in [-0.1, -0.05) is 38.1 Å². The zero-order valence-corrected chi connectivity index (χ0v) is 16.1. The third-order valence-electron chi connectivity index (χ3n) is 4.38. The van der Waals surface area contributed by atoms with Gasteiger partial charge in [-0.2, -0.15) is 0 Å². The molecule has 144 valence electrons. The second-order valence-electron chi connectivity index (χ2n) is 7.46. The summed E-state index contributed by atoms with van der Waals surface area (Å²) in [5, 5.41) is 3.94. The van der Waals surface area contributed by atoms with Crippen molar-refractivity contribution >= 4 is 28.6 Å². The number of aromatic nitrogens is 2. The Kier molecular flexibility index (Phi) is 5.27. The predicted octanol–water partition coefficient (Wildman–Crippen LogP) is 2.36. The van der Waals surface area contributed by atoms with Crippen LogP contribution in [0.5, 0.6) is 0 Å². The summed E-state index contributed by atoms with van der Waals surface area (Å²) in [5.41, 5.74) is 0.927. The molecule has 0 unspecified atom stereocenters. The number of aryl methyl sites for hydroxylation is 1. The Morgan fingerprint density at radius 1 is 1.19 bits per heavy atom. The normalized spacial score (nSPS) is 15.9. The van der Waals surface area contributed by atoms with Gasteiger partial charge in [-0.3, -0.25) is 9.63 Å². The number of morpholine rings is 1. The molecule has 1 aliphatic rings. The average molecular weight is 372 g/mol. The molecule has 3 rings (SSSR count). The fourth-order valence-electron chi connectivity index (χ4n) is 2.78. The molecular formula is C19H24N4O4. The zero-order chi connectivity index (χ0) is 19.6. The smallest absolute Gasteiger partial charge is 0.378 e. The summed E-state index contributed by atoms with van der Waals surface area (Å²) < 4.78 is 7.00. The number of oxime groups is 1. The molecule has 0 bridgehead atoms. The highest BCUT2D eigenvalue weighted by Gasteiger charge is 2.32. The minimum Gasteiger partial charge on any atom is -0.378 e. The van der Waals surface area contributed by atoms with Gasteiger partial charge >= 0.3 is 6.09 Å². The molecule has 0 spiro atoms. The molecule has 0 N–H and O–H groups in total. The van der Waals surface area contributed by atoms with E-state index in [0.29, 0.717) is 32.1 Å². The molecule has 1 fully saturated rings. The molecule has 8 nitrogen and oxygen atoms in total. The fourth-order valence-corrected chi connectivity index (χ4v) is 2.78. The van der Waals surface area contributed by atoms with E-state index in [1.54, 1.807) is 32.4 Å². The van der Waals surface area contributed by atoms with E-state index < -0.39 is 11.5 Å². The van der Waals surface area contributed by atoms with Crippen molar-refractivity contribution in [2.24, 2.45) is 17.6 Å². The minimum atomic E-state index is -0.706. The van der Waals surface area contributed by atoms with Crippen LogP contribution in [0.2, 0.25) is 0 Å². The summed E-state index contributed by atoms with van der Waals surface area (Å²) in [6.45, 7) is 7.15. The predicted molar refractivity (Wildman–Crippen MR) is 101 cm³/mol. The number of hydrogen-bond donors (Lipinski definition) is 0. The molecule has 0 aliphatic carbocycles. The largest absolute Gasteiger partial charge is 0.436 e. The van der Waals surface area contributed by atoms with E-state index in [-0.39, 0.29) is 11.5 Å². The fraction of sp³-hybridized carbons (Fsp3) is 0.474. The molecule has 1 aromatic carbocycles. The van der Waals surface area contributed by atoms with Gasteiger partial charge in [0.05, 0.1) is 24.2 Å². The number of carbonyl (C=O) groups is 2. The van der Waals surface area contributed by atoms with Gasteiger partial charge in [-0.15, -0.1) is 0 Å². The molecule has 8 heteroatoms. The lowest BCUT2D eigenvalue weighted by Crippen LogP contribution is -2.40. The van der Waals surface area contributed by atoms with Crippen LogP contribution in [0, 0.1) is 5.41 Å². The quantitative estimate of drug-likeness (QED) is 0.469. The maximum Gasteiger partial charge on any atom is 0.436 e. The first-order valence-electron chi connectivity index (χ1n) is 8.87. The molecular weight excluding hydrogens is 348 g/mol. The number of ketones is 1. The van der Waals surface area contributed by atoms with Crippen molar-refractivity contribution in [3.63, 3.8) is 0 Å². The van der Waals surface area contributed by atoms with Crippen LogP contribution >= 0.6 is 0 Å². The van der Waals surface area contributed by atoms with E-state index in [9.17, 15) is 9.59 Å². The van der Waals surface area contributed by atoms with Crippen LogP contribution < -0.4 is 0 Å². The van der Waals surface area contributed by atoms with E-state index in [0.717, 1.165) is 11.0 Å². The number of imidazole rings is 1. The van der Waals surface area contributed by atoms with Crippen LogP contribution in [0.3, 0.4) is 0 Å². The lowest BCUT2D eigenvalue weighted by molar-refractivity contribution is -0.119. The van der Waals surface area contributed by atoms with E-state index in [4.69, 9.17) is 9.57 Å². The summed E-state index contributed by atoms with van der Waals surface area (Å²) in [6, 6.07) is 7.54. The van der Waals surface area contributed by atoms with Crippen LogP contribution in [-0.2, 0) is 21.4 Å². The second kappa shape index (κ2) is 7.48. The van der Waals surface area contributed by atoms with E-state index in [1.165, 1.54) is 4.90 Å². The number of para-hydroxylation sites is 2. The highest BCUT2D eigenvalue weighted by molar-refractivity contribution is 6.46. The first-order valence-corrected chi connectivity index (χ1v) is 8.87. The van der Waals surface area contributed by atoms with Gasteiger partial charge in [0.25, 0.3) is 0 Å². The number of carbonyl (C=O) groups excluding carboxylic acids is 2. The van der Waals surface area contributed by atoms with Gasteiger partial charge in [0, 0.05) is 25.6 Å². The van der Waals surface area contributed by atoms with Crippen molar-refractivity contribution < 1.29 is 19.2 Å². The maximum atomic E-state index is 13.0. The number of rotatable bonds is 3. The van der Waals surface area contributed by atoms with Gasteiger partial charge in [-0.25, -0.2) is 9.78 Å². The molecule has 1 amide bonds. The maximum absolute atomic E-state index is 13.0. The number of fused-ring (bicyclic) bond motifs is 1. The summed E-state index contributed by atoms with van der Waals surface area (Å²) in [4.78, 5) is 36.4. The lowest BCUT2D eigenvalue weighted by atomic mass is 9.88. The highest BCUT2D eigenvalue weighted by Crippen LogP contribution is 2.21. The van der Waals surface area contributed by atoms with E-state index in [2.05, 4.69) is 10.1 Å². The van der Waals surface area contributed by atoms with Gasteiger partial charge in [0.1, 0.15) is 0 Å². The van der Waals surface area contributed by atoms with Crippen molar-refractivity contribution in [3.05, 3.63) is 30.1 Å². The molecule has 0 atom stereocenters. The third-order valence-corrected chi connectivity index (χ3v) is 4.38. The Morgan fingerprint density at radius 2 is 1.85 bits per heavy atom. The van der Waals surface area contributed by atoms with Crippen LogP contribution in [0.1, 0.15) is 26.6 Å². The van der Waals surface area contributed by atoms with E-state index in [1.807, 2.05) is 24.3 Å². The van der Waals surface area contributed by atoms with Crippen LogP contribution in [0.4, 0.5) is 4.79 Å². The number of Topliss-reactive ketones (excluding diaryl/α,β-unsaturated/α-hetero) is 1. The van der Waals surface area contributed by atoms with Gasteiger partial charge < -0.3 is 14.2 Å². The summed E-state index contributed by atoms with van der Waals surface area (Å²) in [7, 11) is 1.81. The molecule has 2 heterocycles. The Labute approximate surface area is 157 Å². The highest BCUT2D eigenvalue weighted by atomic mass is 16.7. The van der Waals surface area contributed by atoms with Crippen molar-refractivity contribution in [2.45, 2.75) is 20.8 Å². The molecule has 1 aromatic heterocycles. The zero-order valence-electron chi connectivity index (χ0n) is 16.1. The average Bonchev–Trinajstić information content (AvgIpc) is 2.98. The lowest BCUT2D eigenvalue weighted by Gasteiger charge is -2.24. The van der Waals surface area contributed by atoms with Crippen LogP contribution in [0.25, 0.3) is 11.0 Å². The van der Waals surface area contributed by atoms with Gasteiger partial charge in [0.2, 0.25) is 0 Å². The van der Waals surface area contributed by atoms with Gasteiger partial charge in [-0.05, 0) is 12.1 Å². The molecule has 0 saturated carbocycles. The van der Waals surface area contributed by atoms with Crippen molar-refractivity contribution in [2.75, 3.05) is 26.3 Å². The monoisotopic (exact) mass is 372 g/mol. The Balaban J connectivity index is 1.96. The molecule has 0 radical (unpaired) electrons. The minimum absolute atomic E-state index is 0.0304. The van der Waals surface area contributed by atoms with Crippen molar-refractivity contribution in [1.82, 2.24) is 14.5 Å².